The van der Waals surface area contributed by atoms with E-state index in [2.05, 4.69) is 33.8 Å². The molecule has 1 aromatic rings. The molecule has 0 aliphatic carbocycles. The van der Waals surface area contributed by atoms with E-state index in [4.69, 9.17) is 5.26 Å². The van der Waals surface area contributed by atoms with Gasteiger partial charge in [-0.1, -0.05) is 13.3 Å². The van der Waals surface area contributed by atoms with Gasteiger partial charge in [0, 0.05) is 38.9 Å². The third-order valence-electron chi connectivity index (χ3n) is 3.90. The van der Waals surface area contributed by atoms with E-state index in [1.807, 2.05) is 12.1 Å². The minimum Gasteiger partial charge on any atom is -0.297 e. The van der Waals surface area contributed by atoms with Crippen molar-refractivity contribution >= 4 is 0 Å². The number of piperazine rings is 1. The van der Waals surface area contributed by atoms with E-state index in [0.29, 0.717) is 5.69 Å². The number of aromatic nitrogens is 1. The van der Waals surface area contributed by atoms with Gasteiger partial charge in [-0.05, 0) is 24.1 Å². The van der Waals surface area contributed by atoms with Crippen LogP contribution < -0.4 is 0 Å². The second kappa shape index (κ2) is 7.73. The van der Waals surface area contributed by atoms with Crippen LogP contribution in [0.15, 0.2) is 18.3 Å². The van der Waals surface area contributed by atoms with Crippen LogP contribution in [0.3, 0.4) is 0 Å². The van der Waals surface area contributed by atoms with Crippen molar-refractivity contribution in [3.63, 3.8) is 0 Å². The minimum absolute atomic E-state index is 0.0586. The highest BCUT2D eigenvalue weighted by atomic mass is 15.3. The summed E-state index contributed by atoms with van der Waals surface area (Å²) in [5.41, 5.74) is 1.60. The zero-order chi connectivity index (χ0) is 15.1. The summed E-state index contributed by atoms with van der Waals surface area (Å²) < 4.78 is 0. The highest BCUT2D eigenvalue weighted by Gasteiger charge is 2.23. The van der Waals surface area contributed by atoms with E-state index in [-0.39, 0.29) is 6.04 Å². The molecule has 1 aromatic heterocycles. The Kier molecular flexibility index (Phi) is 5.68. The Morgan fingerprint density at radius 2 is 2.05 bits per heavy atom. The highest BCUT2D eigenvalue weighted by Crippen LogP contribution is 2.13. The Morgan fingerprint density at radius 1 is 1.29 bits per heavy atom. The Hall–Kier alpha value is -1.95. The Morgan fingerprint density at radius 3 is 2.67 bits per heavy atom. The molecule has 21 heavy (non-hydrogen) atoms. The van der Waals surface area contributed by atoms with Crippen molar-refractivity contribution in [2.24, 2.45) is 0 Å². The van der Waals surface area contributed by atoms with Crippen molar-refractivity contribution in [3.05, 3.63) is 29.6 Å². The first-order chi connectivity index (χ1) is 10.3. The molecule has 5 heteroatoms. The largest absolute Gasteiger partial charge is 0.297 e. The Labute approximate surface area is 126 Å². The van der Waals surface area contributed by atoms with Gasteiger partial charge in [-0.2, -0.15) is 10.5 Å². The Balaban J connectivity index is 1.87. The van der Waals surface area contributed by atoms with Crippen molar-refractivity contribution in [2.45, 2.75) is 32.4 Å². The first kappa shape index (κ1) is 15.4. The third kappa shape index (κ3) is 4.26. The van der Waals surface area contributed by atoms with Gasteiger partial charge in [0.25, 0.3) is 0 Å². The second-order valence-corrected chi connectivity index (χ2v) is 5.41. The van der Waals surface area contributed by atoms with Gasteiger partial charge in [-0.25, -0.2) is 4.98 Å². The fraction of sp³-hybridized carbons (Fsp3) is 0.562. The van der Waals surface area contributed by atoms with Crippen LogP contribution in [-0.2, 0) is 6.54 Å². The predicted octanol–water partition coefficient (Wildman–Crippen LogP) is 1.76. The molecule has 0 spiro atoms. The number of nitriles is 2. The molecule has 2 rings (SSSR count). The minimum atomic E-state index is 0.0586. The molecule has 0 saturated carbocycles. The zero-order valence-corrected chi connectivity index (χ0v) is 12.5. The van der Waals surface area contributed by atoms with Crippen LogP contribution in [0.1, 0.15) is 31.0 Å². The van der Waals surface area contributed by atoms with Crippen molar-refractivity contribution in [1.82, 2.24) is 14.8 Å². The third-order valence-corrected chi connectivity index (χ3v) is 3.90. The molecule has 0 radical (unpaired) electrons. The summed E-state index contributed by atoms with van der Waals surface area (Å²) in [6.07, 6.45) is 3.69. The SMILES string of the molecule is CCCC(C#N)N1CCN(Cc2ccnc(C#N)c2)CC1. The van der Waals surface area contributed by atoms with E-state index < -0.39 is 0 Å². The molecule has 1 atom stereocenters. The zero-order valence-electron chi connectivity index (χ0n) is 12.5. The lowest BCUT2D eigenvalue weighted by Crippen LogP contribution is -2.49. The van der Waals surface area contributed by atoms with Crippen LogP contribution in [0.4, 0.5) is 0 Å². The standard InChI is InChI=1S/C16H21N5/c1-2-3-16(12-18)21-8-6-20(7-9-21)13-14-4-5-19-15(10-14)11-17/h4-5,10,16H,2-3,6-9,13H2,1H3. The summed E-state index contributed by atoms with van der Waals surface area (Å²) in [4.78, 5) is 8.65. The molecule has 5 nitrogen and oxygen atoms in total. The molecule has 2 heterocycles. The van der Waals surface area contributed by atoms with Crippen LogP contribution in [0.2, 0.25) is 0 Å². The average molecular weight is 283 g/mol. The highest BCUT2D eigenvalue weighted by molar-refractivity contribution is 5.25. The molecular formula is C16H21N5. The fourth-order valence-electron chi connectivity index (χ4n) is 2.73. The molecule has 0 amide bonds. The van der Waals surface area contributed by atoms with Gasteiger partial charge < -0.3 is 0 Å². The van der Waals surface area contributed by atoms with Crippen LogP contribution in [-0.4, -0.2) is 47.0 Å². The van der Waals surface area contributed by atoms with E-state index in [9.17, 15) is 5.26 Å². The molecule has 1 aliphatic rings. The van der Waals surface area contributed by atoms with Gasteiger partial charge in [0.2, 0.25) is 0 Å². The van der Waals surface area contributed by atoms with Gasteiger partial charge in [-0.15, -0.1) is 0 Å². The molecule has 1 unspecified atom stereocenters. The lowest BCUT2D eigenvalue weighted by Gasteiger charge is -2.36. The van der Waals surface area contributed by atoms with Crippen LogP contribution in [0.5, 0.6) is 0 Å². The summed E-state index contributed by atoms with van der Waals surface area (Å²) >= 11 is 0. The maximum absolute atomic E-state index is 9.23. The van der Waals surface area contributed by atoms with Crippen LogP contribution in [0, 0.1) is 22.7 Å². The van der Waals surface area contributed by atoms with Crippen molar-refractivity contribution in [1.29, 1.82) is 10.5 Å². The first-order valence-corrected chi connectivity index (χ1v) is 7.48. The Bertz CT molecular complexity index is 534. The summed E-state index contributed by atoms with van der Waals surface area (Å²) in [5, 5.41) is 18.1. The number of hydrogen-bond donors (Lipinski definition) is 0. The molecule has 1 fully saturated rings. The smallest absolute Gasteiger partial charge is 0.140 e. The van der Waals surface area contributed by atoms with Gasteiger partial charge in [-0.3, -0.25) is 9.80 Å². The van der Waals surface area contributed by atoms with E-state index in [1.165, 1.54) is 0 Å². The first-order valence-electron chi connectivity index (χ1n) is 7.48. The number of pyridine rings is 1. The number of rotatable bonds is 5. The molecule has 0 aromatic carbocycles. The van der Waals surface area contributed by atoms with Crippen molar-refractivity contribution < 1.29 is 0 Å². The average Bonchev–Trinajstić information content (AvgIpc) is 2.54. The maximum atomic E-state index is 9.23. The van der Waals surface area contributed by atoms with Crippen LogP contribution in [0.25, 0.3) is 0 Å². The monoisotopic (exact) mass is 283 g/mol. The number of hydrogen-bond acceptors (Lipinski definition) is 5. The van der Waals surface area contributed by atoms with E-state index >= 15 is 0 Å². The van der Waals surface area contributed by atoms with Gasteiger partial charge in [0.1, 0.15) is 11.8 Å². The molecule has 110 valence electrons. The summed E-state index contributed by atoms with van der Waals surface area (Å²) in [6.45, 7) is 6.77. The topological polar surface area (TPSA) is 67.0 Å². The van der Waals surface area contributed by atoms with Gasteiger partial charge in [0.05, 0.1) is 12.1 Å². The molecule has 1 saturated heterocycles. The molecular weight excluding hydrogens is 262 g/mol. The molecule has 0 N–H and O–H groups in total. The van der Waals surface area contributed by atoms with Crippen LogP contribution >= 0.6 is 0 Å². The normalized spacial score (nSPS) is 17.9. The fourth-order valence-corrected chi connectivity index (χ4v) is 2.73. The van der Waals surface area contributed by atoms with Crippen molar-refractivity contribution in [3.8, 4) is 12.1 Å². The van der Waals surface area contributed by atoms with Gasteiger partial charge in [0.15, 0.2) is 0 Å². The lowest BCUT2D eigenvalue weighted by atomic mass is 10.1. The van der Waals surface area contributed by atoms with E-state index in [0.717, 1.165) is 51.1 Å². The lowest BCUT2D eigenvalue weighted by molar-refractivity contribution is 0.106. The quantitative estimate of drug-likeness (QED) is 0.823. The van der Waals surface area contributed by atoms with E-state index in [1.54, 1.807) is 6.20 Å². The molecule has 1 aliphatic heterocycles. The maximum Gasteiger partial charge on any atom is 0.140 e. The summed E-state index contributed by atoms with van der Waals surface area (Å²) in [5.74, 6) is 0. The number of nitrogens with zero attached hydrogens (tertiary/aromatic N) is 5. The van der Waals surface area contributed by atoms with Gasteiger partial charge >= 0.3 is 0 Å². The summed E-state index contributed by atoms with van der Waals surface area (Å²) in [6, 6.07) is 8.36. The summed E-state index contributed by atoms with van der Waals surface area (Å²) in [7, 11) is 0. The predicted molar refractivity (Wildman–Crippen MR) is 80.1 cm³/mol. The van der Waals surface area contributed by atoms with Crippen molar-refractivity contribution in [2.75, 3.05) is 26.2 Å². The molecule has 0 bridgehead atoms. The second-order valence-electron chi connectivity index (χ2n) is 5.41.